The number of nitrogens with zero attached hydrogens (tertiary/aromatic N) is 2. The van der Waals surface area contributed by atoms with Crippen molar-refractivity contribution in [2.45, 2.75) is 0 Å². The van der Waals surface area contributed by atoms with Gasteiger partial charge < -0.3 is 13.9 Å². The van der Waals surface area contributed by atoms with Crippen LogP contribution in [0.2, 0.25) is 0 Å². The van der Waals surface area contributed by atoms with Crippen LogP contribution in [-0.4, -0.2) is 4.57 Å². The van der Waals surface area contributed by atoms with E-state index < -0.39 is 0 Å². The Morgan fingerprint density at radius 1 is 0.349 bits per heavy atom. The van der Waals surface area contributed by atoms with Crippen molar-refractivity contribution in [3.63, 3.8) is 0 Å². The smallest absolute Gasteiger partial charge is 0.143 e. The van der Waals surface area contributed by atoms with Gasteiger partial charge in [0.25, 0.3) is 0 Å². The number of hydrogen-bond acceptors (Lipinski definition) is 2. The van der Waals surface area contributed by atoms with E-state index in [1.54, 1.807) is 0 Å². The van der Waals surface area contributed by atoms with Crippen molar-refractivity contribution in [3.8, 4) is 27.9 Å². The molecule has 0 N–H and O–H groups in total. The van der Waals surface area contributed by atoms with E-state index in [4.69, 9.17) is 4.42 Å². The van der Waals surface area contributed by atoms with Gasteiger partial charge in [0.2, 0.25) is 0 Å². The number of para-hydroxylation sites is 1. The Morgan fingerprint density at radius 3 is 1.83 bits per heavy atom. The van der Waals surface area contributed by atoms with E-state index in [1.807, 2.05) is 0 Å². The van der Waals surface area contributed by atoms with E-state index in [0.717, 1.165) is 66.7 Å². The maximum atomic E-state index is 6.80. The topological polar surface area (TPSA) is 21.3 Å². The largest absolute Gasteiger partial charge is 0.455 e. The third-order valence-corrected chi connectivity index (χ3v) is 12.9. The van der Waals surface area contributed by atoms with Crippen molar-refractivity contribution in [2.75, 3.05) is 4.90 Å². The van der Waals surface area contributed by atoms with Gasteiger partial charge in [-0.3, -0.25) is 0 Å². The number of rotatable bonds is 6. The van der Waals surface area contributed by atoms with Gasteiger partial charge >= 0.3 is 0 Å². The van der Waals surface area contributed by atoms with Crippen LogP contribution in [0.5, 0.6) is 0 Å². The highest BCUT2D eigenvalue weighted by atomic mass is 16.3. The predicted octanol–water partition coefficient (Wildman–Crippen LogP) is 16.9. The molecule has 0 atom stereocenters. The summed E-state index contributed by atoms with van der Waals surface area (Å²) in [6, 6.07) is 83.5. The minimum atomic E-state index is 0.854. The third kappa shape index (κ3) is 5.53. The van der Waals surface area contributed by atoms with E-state index in [0.29, 0.717) is 0 Å². The molecule has 0 unspecified atom stereocenters. The lowest BCUT2D eigenvalue weighted by Gasteiger charge is -2.28. The molecule has 3 nitrogen and oxygen atoms in total. The number of hydrogen-bond donors (Lipinski definition) is 0. The van der Waals surface area contributed by atoms with Crippen molar-refractivity contribution in [2.24, 2.45) is 0 Å². The van der Waals surface area contributed by atoms with Crippen LogP contribution >= 0.6 is 0 Å². The number of fused-ring (bicyclic) bond motifs is 11. The first kappa shape index (κ1) is 35.4. The first-order valence-electron chi connectivity index (χ1n) is 21.6. The molecule has 13 rings (SSSR count). The fourth-order valence-electron chi connectivity index (χ4n) is 10.2. The van der Waals surface area contributed by atoms with Gasteiger partial charge in [-0.1, -0.05) is 170 Å². The molecule has 0 aliphatic carbocycles. The van der Waals surface area contributed by atoms with Crippen LogP contribution in [0.3, 0.4) is 0 Å². The number of anilines is 3. The molecule has 294 valence electrons. The summed E-state index contributed by atoms with van der Waals surface area (Å²) in [4.78, 5) is 2.39. The zero-order valence-electron chi connectivity index (χ0n) is 34.2. The van der Waals surface area contributed by atoms with E-state index in [-0.39, 0.29) is 0 Å². The first-order chi connectivity index (χ1) is 31.3. The molecule has 0 spiro atoms. The molecular weight excluding hydrogens is 765 g/mol. The molecule has 0 bridgehead atoms. The van der Waals surface area contributed by atoms with Gasteiger partial charge in [-0.15, -0.1) is 0 Å². The van der Waals surface area contributed by atoms with E-state index in [1.165, 1.54) is 54.3 Å². The summed E-state index contributed by atoms with van der Waals surface area (Å²) in [6.45, 7) is 0. The summed E-state index contributed by atoms with van der Waals surface area (Å²) in [5.41, 5.74) is 13.1. The van der Waals surface area contributed by atoms with Crippen molar-refractivity contribution in [1.29, 1.82) is 0 Å². The normalized spacial score (nSPS) is 11.8. The highest BCUT2D eigenvalue weighted by Gasteiger charge is 2.23. The summed E-state index contributed by atoms with van der Waals surface area (Å²) in [7, 11) is 0. The van der Waals surface area contributed by atoms with Crippen molar-refractivity contribution < 1.29 is 4.42 Å². The second-order valence-corrected chi connectivity index (χ2v) is 16.4. The Labute approximate surface area is 363 Å². The minimum absolute atomic E-state index is 0.854. The maximum absolute atomic E-state index is 6.80. The highest BCUT2D eigenvalue weighted by molar-refractivity contribution is 6.26. The zero-order valence-corrected chi connectivity index (χ0v) is 34.2. The van der Waals surface area contributed by atoms with Gasteiger partial charge in [0.15, 0.2) is 0 Å². The monoisotopic (exact) mass is 802 g/mol. The van der Waals surface area contributed by atoms with Crippen LogP contribution in [0.4, 0.5) is 17.1 Å². The molecule has 63 heavy (non-hydrogen) atoms. The SMILES string of the molecule is c1ccc(-c2ccccc2N(c2cccc(-n3c4cccc(-c5cccc6ccccc56)c4c4c5ccccc5ccc43)c2)c2ccc3c(c2)oc2c4ccccc4ccc32)cc1. The molecular formula is C60H38N2O. The van der Waals surface area contributed by atoms with Crippen LogP contribution in [-0.2, 0) is 0 Å². The number of furan rings is 1. The summed E-state index contributed by atoms with van der Waals surface area (Å²) in [5.74, 6) is 0. The molecule has 0 fully saturated rings. The van der Waals surface area contributed by atoms with Gasteiger partial charge in [0.05, 0.1) is 16.7 Å². The highest BCUT2D eigenvalue weighted by Crippen LogP contribution is 2.46. The molecule has 13 aromatic rings. The van der Waals surface area contributed by atoms with E-state index in [9.17, 15) is 0 Å². The fourth-order valence-corrected chi connectivity index (χ4v) is 10.2. The number of aromatic nitrogens is 1. The van der Waals surface area contributed by atoms with Gasteiger partial charge in [0.1, 0.15) is 11.2 Å². The van der Waals surface area contributed by atoms with Gasteiger partial charge in [-0.05, 0) is 98.2 Å². The lowest BCUT2D eigenvalue weighted by Crippen LogP contribution is -2.11. The fraction of sp³-hybridized carbons (Fsp3) is 0. The van der Waals surface area contributed by atoms with Crippen LogP contribution in [0.25, 0.3) is 104 Å². The average molecular weight is 803 g/mol. The summed E-state index contributed by atoms with van der Waals surface area (Å²) >= 11 is 0. The molecule has 11 aromatic carbocycles. The van der Waals surface area contributed by atoms with Crippen LogP contribution in [0.15, 0.2) is 235 Å². The van der Waals surface area contributed by atoms with Gasteiger partial charge in [-0.2, -0.15) is 0 Å². The second-order valence-electron chi connectivity index (χ2n) is 16.4. The standard InChI is InChI=1S/C60H38N2O/c1-2-15-40(16-3-1)47-24-10-11-29-54(47)61(45-33-35-51-53-34-31-42-19-6-9-26-49(42)60(53)63-57(51)38-45)43-21-13-22-44(37-43)62-55-30-14-28-52(50-27-12-20-39-17-4-7-23-46(39)50)59(55)58-48-25-8-5-18-41(48)32-36-56(58)62/h1-38H. The Bertz CT molecular complexity index is 3930. The molecule has 0 radical (unpaired) electrons. The predicted molar refractivity (Wildman–Crippen MR) is 266 cm³/mol. The molecule has 0 aliphatic heterocycles. The van der Waals surface area contributed by atoms with E-state index in [2.05, 4.69) is 240 Å². The molecule has 2 heterocycles. The summed E-state index contributed by atoms with van der Waals surface area (Å²) in [6.07, 6.45) is 0. The Balaban J connectivity index is 1.07. The van der Waals surface area contributed by atoms with Crippen molar-refractivity contribution >= 4 is 93.1 Å². The molecule has 0 aliphatic rings. The average Bonchev–Trinajstić information content (AvgIpc) is 3.91. The van der Waals surface area contributed by atoms with E-state index >= 15 is 0 Å². The van der Waals surface area contributed by atoms with Crippen molar-refractivity contribution in [3.05, 3.63) is 231 Å². The Hall–Kier alpha value is -8.40. The van der Waals surface area contributed by atoms with Gasteiger partial charge in [-0.25, -0.2) is 0 Å². The second kappa shape index (κ2) is 14.1. The summed E-state index contributed by atoms with van der Waals surface area (Å²) in [5, 5.41) is 12.0. The van der Waals surface area contributed by atoms with Crippen LogP contribution < -0.4 is 4.90 Å². The molecule has 0 saturated carbocycles. The quantitative estimate of drug-likeness (QED) is 0.167. The third-order valence-electron chi connectivity index (χ3n) is 12.9. The van der Waals surface area contributed by atoms with Gasteiger partial charge in [0, 0.05) is 55.6 Å². The minimum Gasteiger partial charge on any atom is -0.455 e. The zero-order chi connectivity index (χ0) is 41.4. The lowest BCUT2D eigenvalue weighted by molar-refractivity contribution is 0.672. The Morgan fingerprint density at radius 2 is 0.952 bits per heavy atom. The first-order valence-corrected chi connectivity index (χ1v) is 21.6. The number of benzene rings is 11. The van der Waals surface area contributed by atoms with Crippen LogP contribution in [0.1, 0.15) is 0 Å². The van der Waals surface area contributed by atoms with Crippen LogP contribution in [0, 0.1) is 0 Å². The molecule has 0 saturated heterocycles. The summed E-state index contributed by atoms with van der Waals surface area (Å²) < 4.78 is 9.26. The lowest BCUT2D eigenvalue weighted by atomic mass is 9.93. The molecule has 3 heteroatoms. The molecule has 2 aromatic heterocycles. The maximum Gasteiger partial charge on any atom is 0.143 e. The Kier molecular flexibility index (Phi) is 7.91. The van der Waals surface area contributed by atoms with Crippen molar-refractivity contribution in [1.82, 2.24) is 4.57 Å². The molecule has 0 amide bonds.